The van der Waals surface area contributed by atoms with Gasteiger partial charge in [-0.15, -0.1) is 0 Å². The molecule has 0 aromatic carbocycles. The molecule has 0 unspecified atom stereocenters. The zero-order valence-corrected chi connectivity index (χ0v) is 16.4. The van der Waals surface area contributed by atoms with Gasteiger partial charge in [0.05, 0.1) is 10.9 Å². The maximum absolute atomic E-state index is 13.5. The number of anilines is 1. The second kappa shape index (κ2) is 6.02. The average molecular weight is 377 g/mol. The lowest BCUT2D eigenvalue weighted by Crippen LogP contribution is -2.36. The van der Waals surface area contributed by atoms with Gasteiger partial charge in [0.1, 0.15) is 17.9 Å². The van der Waals surface area contributed by atoms with E-state index in [1.54, 1.807) is 0 Å². The quantitative estimate of drug-likeness (QED) is 0.753. The molecule has 0 bridgehead atoms. The average Bonchev–Trinajstić information content (AvgIpc) is 3.29. The van der Waals surface area contributed by atoms with Crippen LogP contribution in [0.3, 0.4) is 0 Å². The van der Waals surface area contributed by atoms with Crippen molar-refractivity contribution in [3.05, 3.63) is 46.7 Å². The largest absolute Gasteiger partial charge is 0.442 e. The van der Waals surface area contributed by atoms with Gasteiger partial charge in [0.15, 0.2) is 0 Å². The fraction of sp³-hybridized carbons (Fsp3) is 0.429. The highest BCUT2D eigenvalue weighted by Gasteiger charge is 2.39. The number of pyridine rings is 1. The Morgan fingerprint density at radius 2 is 2.04 bits per heavy atom. The van der Waals surface area contributed by atoms with Crippen LogP contribution in [0.15, 0.2) is 23.0 Å². The molecule has 2 aliphatic rings. The van der Waals surface area contributed by atoms with Crippen molar-refractivity contribution in [3.8, 4) is 0 Å². The van der Waals surface area contributed by atoms with Crippen LogP contribution in [0, 0.1) is 13.8 Å². The predicted octanol–water partition coefficient (Wildman–Crippen LogP) is 3.40. The van der Waals surface area contributed by atoms with E-state index >= 15 is 0 Å². The molecule has 5 rings (SSSR count). The first-order valence-electron chi connectivity index (χ1n) is 9.69. The summed E-state index contributed by atoms with van der Waals surface area (Å²) in [5.74, 6) is 1.24. The normalized spacial score (nSPS) is 17.5. The number of nitrogens with zero attached hydrogens (tertiary/aromatic N) is 4. The van der Waals surface area contributed by atoms with Crippen LogP contribution >= 0.6 is 0 Å². The van der Waals surface area contributed by atoms with Gasteiger partial charge < -0.3 is 14.6 Å². The Bertz CT molecular complexity index is 1100. The van der Waals surface area contributed by atoms with Crippen molar-refractivity contribution in [2.45, 2.75) is 52.1 Å². The first kappa shape index (κ1) is 17.2. The van der Waals surface area contributed by atoms with E-state index in [1.165, 1.54) is 11.9 Å². The van der Waals surface area contributed by atoms with Gasteiger partial charge >= 0.3 is 0 Å². The van der Waals surface area contributed by atoms with Crippen molar-refractivity contribution >= 4 is 22.8 Å². The number of carbonyl (C=O) groups is 1. The van der Waals surface area contributed by atoms with Gasteiger partial charge in [-0.05, 0) is 57.2 Å². The first-order valence-corrected chi connectivity index (χ1v) is 9.69. The van der Waals surface area contributed by atoms with Crippen molar-refractivity contribution < 1.29 is 9.21 Å². The molecule has 0 atom stereocenters. The molecule has 4 heterocycles. The molecule has 0 spiro atoms. The molecule has 0 radical (unpaired) electrons. The van der Waals surface area contributed by atoms with Crippen molar-refractivity contribution in [1.29, 1.82) is 0 Å². The number of amides is 1. The van der Waals surface area contributed by atoms with Gasteiger partial charge in [0, 0.05) is 30.5 Å². The Morgan fingerprint density at radius 1 is 1.21 bits per heavy atom. The molecule has 1 aliphatic carbocycles. The van der Waals surface area contributed by atoms with Gasteiger partial charge in [-0.2, -0.15) is 0 Å². The van der Waals surface area contributed by atoms with Crippen molar-refractivity contribution in [1.82, 2.24) is 19.9 Å². The standard InChI is InChI=1S/C21H23N5O2/c1-12-8-15-10-26(7-4-14(15)9-22-12)20(27)16-13(2)28-19-17(16)18(23-11-24-19)25-21(3)5-6-21/h8-9,11H,4-7,10H2,1-3H3,(H,23,24,25). The number of aryl methyl sites for hydroxylation is 2. The number of carbonyl (C=O) groups excluding carboxylic acids is 1. The fourth-order valence-electron chi connectivity index (χ4n) is 3.88. The van der Waals surface area contributed by atoms with E-state index < -0.39 is 0 Å². The highest BCUT2D eigenvalue weighted by atomic mass is 16.3. The van der Waals surface area contributed by atoms with Crippen LogP contribution < -0.4 is 5.32 Å². The van der Waals surface area contributed by atoms with E-state index in [0.29, 0.717) is 41.3 Å². The third-order valence-electron chi connectivity index (χ3n) is 5.82. The summed E-state index contributed by atoms with van der Waals surface area (Å²) in [7, 11) is 0. The maximum atomic E-state index is 13.5. The molecule has 28 heavy (non-hydrogen) atoms. The molecule has 3 aromatic heterocycles. The Labute approximate surface area is 163 Å². The van der Waals surface area contributed by atoms with Crippen LogP contribution in [-0.2, 0) is 13.0 Å². The summed E-state index contributed by atoms with van der Waals surface area (Å²) >= 11 is 0. The van der Waals surface area contributed by atoms with Crippen LogP contribution in [0.4, 0.5) is 5.82 Å². The molecule has 1 fully saturated rings. The van der Waals surface area contributed by atoms with Gasteiger partial charge in [0.2, 0.25) is 5.71 Å². The monoisotopic (exact) mass is 377 g/mol. The van der Waals surface area contributed by atoms with E-state index in [9.17, 15) is 4.79 Å². The number of hydrogen-bond donors (Lipinski definition) is 1. The van der Waals surface area contributed by atoms with Crippen molar-refractivity contribution in [2.75, 3.05) is 11.9 Å². The van der Waals surface area contributed by atoms with E-state index in [-0.39, 0.29) is 11.4 Å². The number of aromatic nitrogens is 3. The first-order chi connectivity index (χ1) is 13.4. The summed E-state index contributed by atoms with van der Waals surface area (Å²) in [4.78, 5) is 28.4. The van der Waals surface area contributed by atoms with Gasteiger partial charge in [0.25, 0.3) is 5.91 Å². The molecular formula is C21H23N5O2. The highest BCUT2D eigenvalue weighted by molar-refractivity contribution is 6.10. The third kappa shape index (κ3) is 2.82. The lowest BCUT2D eigenvalue weighted by atomic mass is 10.00. The summed E-state index contributed by atoms with van der Waals surface area (Å²) in [5.41, 5.74) is 4.42. The van der Waals surface area contributed by atoms with Crippen molar-refractivity contribution in [3.63, 3.8) is 0 Å². The third-order valence-corrected chi connectivity index (χ3v) is 5.82. The number of fused-ring (bicyclic) bond motifs is 2. The zero-order valence-electron chi connectivity index (χ0n) is 16.4. The summed E-state index contributed by atoms with van der Waals surface area (Å²) in [5, 5.41) is 4.17. The molecule has 3 aromatic rings. The fourth-order valence-corrected chi connectivity index (χ4v) is 3.88. The minimum Gasteiger partial charge on any atom is -0.442 e. The SMILES string of the molecule is Cc1cc2c(cn1)CCN(C(=O)c1c(C)oc3ncnc(NC4(C)CC4)c13)C2. The lowest BCUT2D eigenvalue weighted by Gasteiger charge is -2.29. The van der Waals surface area contributed by atoms with E-state index in [0.717, 1.165) is 30.5 Å². The topological polar surface area (TPSA) is 84.2 Å². The summed E-state index contributed by atoms with van der Waals surface area (Å²) in [6.07, 6.45) is 6.41. The summed E-state index contributed by atoms with van der Waals surface area (Å²) < 4.78 is 5.83. The van der Waals surface area contributed by atoms with E-state index in [1.807, 2.05) is 24.9 Å². The highest BCUT2D eigenvalue weighted by Crippen LogP contribution is 2.40. The Balaban J connectivity index is 1.54. The second-order valence-electron chi connectivity index (χ2n) is 8.19. The minimum absolute atomic E-state index is 0.0323. The van der Waals surface area contributed by atoms with Crippen LogP contribution in [0.5, 0.6) is 0 Å². The minimum atomic E-state index is -0.0323. The van der Waals surface area contributed by atoms with Crippen LogP contribution in [-0.4, -0.2) is 37.8 Å². The van der Waals surface area contributed by atoms with Crippen LogP contribution in [0.1, 0.15) is 52.7 Å². The molecule has 1 aliphatic heterocycles. The smallest absolute Gasteiger partial charge is 0.258 e. The Kier molecular flexibility index (Phi) is 3.69. The molecule has 1 N–H and O–H groups in total. The summed E-state index contributed by atoms with van der Waals surface area (Å²) in [6.45, 7) is 7.20. The van der Waals surface area contributed by atoms with E-state index in [2.05, 4.69) is 33.3 Å². The molecule has 7 nitrogen and oxygen atoms in total. The Hall–Kier alpha value is -2.96. The molecule has 0 saturated heterocycles. The maximum Gasteiger partial charge on any atom is 0.258 e. The van der Waals surface area contributed by atoms with E-state index in [4.69, 9.17) is 4.42 Å². The van der Waals surface area contributed by atoms with Crippen molar-refractivity contribution in [2.24, 2.45) is 0 Å². The molecular weight excluding hydrogens is 354 g/mol. The zero-order chi connectivity index (χ0) is 19.5. The second-order valence-corrected chi connectivity index (χ2v) is 8.19. The van der Waals surface area contributed by atoms with Gasteiger partial charge in [-0.1, -0.05) is 0 Å². The Morgan fingerprint density at radius 3 is 2.82 bits per heavy atom. The van der Waals surface area contributed by atoms with Gasteiger partial charge in [-0.3, -0.25) is 9.78 Å². The number of rotatable bonds is 3. The summed E-state index contributed by atoms with van der Waals surface area (Å²) in [6, 6.07) is 2.07. The molecule has 1 saturated carbocycles. The molecule has 7 heteroatoms. The lowest BCUT2D eigenvalue weighted by molar-refractivity contribution is 0.0734. The number of nitrogens with one attached hydrogen (secondary N) is 1. The van der Waals surface area contributed by atoms with Crippen LogP contribution in [0.2, 0.25) is 0 Å². The predicted molar refractivity (Wildman–Crippen MR) is 105 cm³/mol. The number of furan rings is 1. The van der Waals surface area contributed by atoms with Gasteiger partial charge in [-0.25, -0.2) is 9.97 Å². The van der Waals surface area contributed by atoms with Crippen LogP contribution in [0.25, 0.3) is 11.1 Å². The number of hydrogen-bond acceptors (Lipinski definition) is 6. The molecule has 144 valence electrons. The molecule has 1 amide bonds.